The van der Waals surface area contributed by atoms with Crippen molar-refractivity contribution in [1.29, 1.82) is 5.26 Å². The molecule has 0 aliphatic carbocycles. The number of carbonyl (C=O) groups is 2. The fourth-order valence-corrected chi connectivity index (χ4v) is 3.67. The normalized spacial score (nSPS) is 13.8. The molecule has 1 aliphatic heterocycles. The summed E-state index contributed by atoms with van der Waals surface area (Å²) >= 11 is 6.24. The van der Waals surface area contributed by atoms with E-state index >= 15 is 0 Å². The number of benzene rings is 1. The lowest BCUT2D eigenvalue weighted by Gasteiger charge is -2.27. The molecule has 0 spiro atoms. The van der Waals surface area contributed by atoms with Crippen LogP contribution in [0.3, 0.4) is 0 Å². The standard InChI is InChI=1S/C22H27ClN6O.C2HF3O2/c1-16(2)14-29(21-19(23)13-25-20(12-24)26-21)27-22(30)18-8-6-17(7-9-18)15-28-10-4-3-5-11-28;3-2(4,5)1(6)7/h6-9,13,16H,3-5,10-11,14-15H2,1-2H3,(H,27,30);(H,6,7). The molecule has 2 N–H and O–H groups in total. The second-order valence-corrected chi connectivity index (χ2v) is 9.17. The monoisotopic (exact) mass is 540 g/mol. The second kappa shape index (κ2) is 13.8. The molecule has 3 rings (SSSR count). The van der Waals surface area contributed by atoms with Crippen LogP contribution in [0.25, 0.3) is 0 Å². The average molecular weight is 541 g/mol. The molecule has 1 aromatic heterocycles. The molecule has 200 valence electrons. The Balaban J connectivity index is 0.000000604. The van der Waals surface area contributed by atoms with Crippen LogP contribution in [0.1, 0.15) is 54.9 Å². The van der Waals surface area contributed by atoms with Gasteiger partial charge in [-0.2, -0.15) is 23.4 Å². The average Bonchev–Trinajstić information content (AvgIpc) is 2.84. The van der Waals surface area contributed by atoms with Crippen LogP contribution in [-0.2, 0) is 11.3 Å². The zero-order valence-electron chi connectivity index (χ0n) is 20.4. The van der Waals surface area contributed by atoms with Crippen molar-refractivity contribution < 1.29 is 27.9 Å². The van der Waals surface area contributed by atoms with Crippen LogP contribution in [0, 0.1) is 17.2 Å². The van der Waals surface area contributed by atoms with Crippen LogP contribution in [0.5, 0.6) is 0 Å². The Morgan fingerprint density at radius 3 is 2.32 bits per heavy atom. The molecule has 13 heteroatoms. The molecule has 0 bridgehead atoms. The Kier molecular flexibility index (Phi) is 11.1. The number of anilines is 1. The largest absolute Gasteiger partial charge is 0.490 e. The van der Waals surface area contributed by atoms with Gasteiger partial charge in [-0.15, -0.1) is 0 Å². The van der Waals surface area contributed by atoms with E-state index in [-0.39, 0.29) is 22.7 Å². The van der Waals surface area contributed by atoms with E-state index in [0.717, 1.165) is 19.6 Å². The van der Waals surface area contributed by atoms with Crippen molar-refractivity contribution >= 4 is 29.3 Å². The number of piperidine rings is 1. The summed E-state index contributed by atoms with van der Waals surface area (Å²) in [7, 11) is 0. The number of amides is 1. The molecule has 1 saturated heterocycles. The highest BCUT2D eigenvalue weighted by atomic mass is 35.5. The van der Waals surface area contributed by atoms with Gasteiger partial charge in [0.15, 0.2) is 5.82 Å². The molecule has 1 aliphatic rings. The van der Waals surface area contributed by atoms with E-state index < -0.39 is 12.1 Å². The van der Waals surface area contributed by atoms with Crippen LogP contribution in [0.15, 0.2) is 30.5 Å². The summed E-state index contributed by atoms with van der Waals surface area (Å²) in [4.78, 5) is 32.2. The Labute approximate surface area is 217 Å². The lowest BCUT2D eigenvalue weighted by Crippen LogP contribution is -2.45. The maximum absolute atomic E-state index is 12.9. The second-order valence-electron chi connectivity index (χ2n) is 8.76. The number of carbonyl (C=O) groups excluding carboxylic acids is 1. The Bertz CT molecular complexity index is 1100. The summed E-state index contributed by atoms with van der Waals surface area (Å²) in [6.45, 7) is 7.71. The highest BCUT2D eigenvalue weighted by Crippen LogP contribution is 2.22. The fraction of sp³-hybridized carbons (Fsp3) is 0.458. The SMILES string of the molecule is CC(C)CN(NC(=O)c1ccc(CN2CCCCC2)cc1)c1nc(C#N)ncc1Cl.O=C(O)C(F)(F)F. The Morgan fingerprint density at radius 1 is 1.22 bits per heavy atom. The Hall–Kier alpha value is -3.43. The minimum atomic E-state index is -5.08. The van der Waals surface area contributed by atoms with Crippen molar-refractivity contribution in [3.05, 3.63) is 52.4 Å². The molecule has 0 radical (unpaired) electrons. The maximum atomic E-state index is 12.9. The number of alkyl halides is 3. The van der Waals surface area contributed by atoms with Crippen molar-refractivity contribution in [1.82, 2.24) is 20.3 Å². The smallest absolute Gasteiger partial charge is 0.475 e. The molecular weight excluding hydrogens is 513 g/mol. The van der Waals surface area contributed by atoms with Crippen LogP contribution >= 0.6 is 11.6 Å². The molecule has 1 amide bonds. The number of hydrazine groups is 1. The van der Waals surface area contributed by atoms with Gasteiger partial charge in [0, 0.05) is 18.7 Å². The highest BCUT2D eigenvalue weighted by Gasteiger charge is 2.38. The molecule has 1 fully saturated rings. The number of nitrogens with zero attached hydrogens (tertiary/aromatic N) is 5. The first-order valence-electron chi connectivity index (χ1n) is 11.5. The van der Waals surface area contributed by atoms with Gasteiger partial charge in [-0.05, 0) is 49.5 Å². The van der Waals surface area contributed by atoms with Crippen LogP contribution in [0.4, 0.5) is 19.0 Å². The van der Waals surface area contributed by atoms with Gasteiger partial charge in [0.05, 0.1) is 6.20 Å². The van der Waals surface area contributed by atoms with Crippen molar-refractivity contribution in [3.63, 3.8) is 0 Å². The summed E-state index contributed by atoms with van der Waals surface area (Å²) in [5, 5.41) is 18.1. The van der Waals surface area contributed by atoms with Gasteiger partial charge >= 0.3 is 12.1 Å². The zero-order valence-corrected chi connectivity index (χ0v) is 21.2. The van der Waals surface area contributed by atoms with E-state index in [1.54, 1.807) is 5.01 Å². The lowest BCUT2D eigenvalue weighted by molar-refractivity contribution is -0.192. The summed E-state index contributed by atoms with van der Waals surface area (Å²) < 4.78 is 31.7. The predicted octanol–water partition coefficient (Wildman–Crippen LogP) is 4.43. The minimum Gasteiger partial charge on any atom is -0.475 e. The molecule has 1 aromatic carbocycles. The van der Waals surface area contributed by atoms with Gasteiger partial charge in [-0.25, -0.2) is 9.78 Å². The molecule has 9 nitrogen and oxygen atoms in total. The van der Waals surface area contributed by atoms with Gasteiger partial charge in [0.1, 0.15) is 11.1 Å². The first-order valence-corrected chi connectivity index (χ1v) is 11.9. The van der Waals surface area contributed by atoms with Crippen molar-refractivity contribution in [2.75, 3.05) is 24.6 Å². The molecule has 0 atom stereocenters. The van der Waals surface area contributed by atoms with Gasteiger partial charge < -0.3 is 5.11 Å². The quantitative estimate of drug-likeness (QED) is 0.495. The predicted molar refractivity (Wildman–Crippen MR) is 131 cm³/mol. The Morgan fingerprint density at radius 2 is 1.81 bits per heavy atom. The lowest BCUT2D eigenvalue weighted by atomic mass is 10.1. The number of halogens is 4. The van der Waals surface area contributed by atoms with E-state index in [9.17, 15) is 18.0 Å². The minimum absolute atomic E-state index is 0.000490. The van der Waals surface area contributed by atoms with Gasteiger partial charge in [-0.1, -0.05) is 44.0 Å². The third kappa shape index (κ3) is 9.86. The highest BCUT2D eigenvalue weighted by molar-refractivity contribution is 6.32. The third-order valence-electron chi connectivity index (χ3n) is 5.18. The van der Waals surface area contributed by atoms with Crippen molar-refractivity contribution in [3.8, 4) is 6.07 Å². The number of aliphatic carboxylic acids is 1. The number of rotatable bonds is 7. The molecule has 0 saturated carbocycles. The summed E-state index contributed by atoms with van der Waals surface area (Å²) in [6, 6.07) is 9.58. The first-order chi connectivity index (χ1) is 17.4. The van der Waals surface area contributed by atoms with Crippen molar-refractivity contribution in [2.24, 2.45) is 5.92 Å². The third-order valence-corrected chi connectivity index (χ3v) is 5.45. The first kappa shape index (κ1) is 29.8. The maximum Gasteiger partial charge on any atom is 0.490 e. The van der Waals surface area contributed by atoms with E-state index in [4.69, 9.17) is 26.8 Å². The molecular formula is C24H28ClF3N6O3. The fourth-order valence-electron chi connectivity index (χ4n) is 3.48. The van der Waals surface area contributed by atoms with Gasteiger partial charge in [0.2, 0.25) is 5.82 Å². The van der Waals surface area contributed by atoms with Gasteiger partial charge in [0.25, 0.3) is 5.91 Å². The van der Waals surface area contributed by atoms with Crippen LogP contribution in [0.2, 0.25) is 5.02 Å². The number of hydrogen-bond acceptors (Lipinski definition) is 7. The number of nitriles is 1. The van der Waals surface area contributed by atoms with Crippen LogP contribution < -0.4 is 10.4 Å². The molecule has 2 heterocycles. The van der Waals surface area contributed by atoms with Crippen LogP contribution in [-0.4, -0.2) is 57.7 Å². The zero-order chi connectivity index (χ0) is 27.6. The number of nitrogens with one attached hydrogen (secondary N) is 1. The summed E-state index contributed by atoms with van der Waals surface area (Å²) in [5.74, 6) is -2.47. The van der Waals surface area contributed by atoms with E-state index in [1.807, 2.05) is 44.2 Å². The van der Waals surface area contributed by atoms with Gasteiger partial charge in [-0.3, -0.25) is 20.1 Å². The number of hydrogen-bond donors (Lipinski definition) is 2. The number of aromatic nitrogens is 2. The number of likely N-dealkylation sites (tertiary alicyclic amines) is 1. The summed E-state index contributed by atoms with van der Waals surface area (Å²) in [5.41, 5.74) is 4.63. The molecule has 2 aromatic rings. The number of carboxylic acid groups (broad SMARTS) is 1. The van der Waals surface area contributed by atoms with E-state index in [0.29, 0.717) is 17.9 Å². The molecule has 0 unspecified atom stereocenters. The topological polar surface area (TPSA) is 122 Å². The summed E-state index contributed by atoms with van der Waals surface area (Å²) in [6.07, 6.45) is 0.114. The van der Waals surface area contributed by atoms with E-state index in [1.165, 1.54) is 31.0 Å². The number of carboxylic acids is 1. The van der Waals surface area contributed by atoms with E-state index in [2.05, 4.69) is 20.3 Å². The molecule has 37 heavy (non-hydrogen) atoms. The van der Waals surface area contributed by atoms with Crippen molar-refractivity contribution in [2.45, 2.75) is 45.8 Å².